The van der Waals surface area contributed by atoms with Crippen LogP contribution in [0, 0.1) is 0 Å². The third-order valence-electron chi connectivity index (χ3n) is 11.3. The van der Waals surface area contributed by atoms with Crippen molar-refractivity contribution in [2.45, 2.75) is 264 Å². The maximum Gasteiger partial charge on any atom is 0.305 e. The summed E-state index contributed by atoms with van der Waals surface area (Å²) in [5.74, 6) is -0.1000. The Morgan fingerprint density at radius 2 is 0.864 bits per heavy atom. The van der Waals surface area contributed by atoms with Gasteiger partial charge in [-0.3, -0.25) is 9.59 Å². The predicted molar refractivity (Wildman–Crippen MR) is 255 cm³/mol. The number of esters is 1. The largest absolute Gasteiger partial charge is 0.466 e. The number of aliphatic hydroxyl groups excluding tert-OH is 2. The molecule has 1 amide bonds. The maximum atomic E-state index is 12.4. The van der Waals surface area contributed by atoms with Gasteiger partial charge in [-0.05, 0) is 83.5 Å². The second-order valence-corrected chi connectivity index (χ2v) is 17.1. The van der Waals surface area contributed by atoms with E-state index in [4.69, 9.17) is 4.74 Å². The summed E-state index contributed by atoms with van der Waals surface area (Å²) in [6, 6.07) is -0.637. The first kappa shape index (κ1) is 56.8. The van der Waals surface area contributed by atoms with Crippen LogP contribution in [0.2, 0.25) is 0 Å². The average molecular weight is 828 g/mol. The molecule has 2 unspecified atom stereocenters. The van der Waals surface area contributed by atoms with Crippen molar-refractivity contribution in [3.8, 4) is 0 Å². The minimum absolute atomic E-state index is 0.0138. The van der Waals surface area contributed by atoms with Gasteiger partial charge in [0.2, 0.25) is 5.91 Å². The molecule has 344 valence electrons. The highest BCUT2D eigenvalue weighted by molar-refractivity contribution is 5.76. The Morgan fingerprint density at radius 3 is 1.36 bits per heavy atom. The number of rotatable bonds is 46. The summed E-state index contributed by atoms with van der Waals surface area (Å²) in [7, 11) is 0. The number of hydrogen-bond acceptors (Lipinski definition) is 5. The van der Waals surface area contributed by atoms with Gasteiger partial charge in [0, 0.05) is 12.8 Å². The molecule has 0 aromatic carbocycles. The molecule has 3 N–H and O–H groups in total. The summed E-state index contributed by atoms with van der Waals surface area (Å²) < 4.78 is 5.45. The Labute approximate surface area is 366 Å². The number of amides is 1. The van der Waals surface area contributed by atoms with Crippen LogP contribution in [0.1, 0.15) is 251 Å². The summed E-state index contributed by atoms with van der Waals surface area (Å²) in [4.78, 5) is 24.4. The highest BCUT2D eigenvalue weighted by Gasteiger charge is 2.18. The number of aliphatic hydroxyl groups is 2. The second kappa shape index (κ2) is 48.5. The monoisotopic (exact) mass is 828 g/mol. The lowest BCUT2D eigenvalue weighted by Gasteiger charge is -2.20. The van der Waals surface area contributed by atoms with Crippen molar-refractivity contribution in [1.82, 2.24) is 5.32 Å². The molecule has 0 heterocycles. The average Bonchev–Trinajstić information content (AvgIpc) is 3.24. The van der Waals surface area contributed by atoms with Crippen LogP contribution in [0.15, 0.2) is 48.6 Å². The molecule has 0 aromatic rings. The van der Waals surface area contributed by atoms with E-state index in [0.29, 0.717) is 19.4 Å². The van der Waals surface area contributed by atoms with Crippen LogP contribution in [-0.4, -0.2) is 47.4 Å². The van der Waals surface area contributed by atoms with Crippen molar-refractivity contribution in [3.05, 3.63) is 48.6 Å². The number of carbonyl (C=O) groups is 2. The van der Waals surface area contributed by atoms with E-state index in [1.165, 1.54) is 154 Å². The van der Waals surface area contributed by atoms with Gasteiger partial charge < -0.3 is 20.3 Å². The van der Waals surface area contributed by atoms with Crippen molar-refractivity contribution in [2.24, 2.45) is 0 Å². The topological polar surface area (TPSA) is 95.9 Å². The van der Waals surface area contributed by atoms with Gasteiger partial charge >= 0.3 is 5.97 Å². The number of carbonyl (C=O) groups excluding carboxylic acids is 2. The molecule has 0 aliphatic heterocycles. The first-order chi connectivity index (χ1) is 29.0. The summed E-state index contributed by atoms with van der Waals surface area (Å²) in [6.07, 6.45) is 59.7. The highest BCUT2D eigenvalue weighted by Crippen LogP contribution is 2.14. The van der Waals surface area contributed by atoms with Gasteiger partial charge in [-0.2, -0.15) is 0 Å². The molecule has 0 aliphatic rings. The zero-order chi connectivity index (χ0) is 43.0. The predicted octanol–water partition coefficient (Wildman–Crippen LogP) is 15.1. The van der Waals surface area contributed by atoms with E-state index in [9.17, 15) is 19.8 Å². The fourth-order valence-electron chi connectivity index (χ4n) is 7.35. The fourth-order valence-corrected chi connectivity index (χ4v) is 7.35. The fraction of sp³-hybridized carbons (Fsp3) is 0.811. The molecule has 0 aliphatic carbocycles. The third-order valence-corrected chi connectivity index (χ3v) is 11.3. The Hall–Kier alpha value is -2.18. The molecule has 59 heavy (non-hydrogen) atoms. The quantitative estimate of drug-likeness (QED) is 0.0323. The minimum atomic E-state index is -0.852. The van der Waals surface area contributed by atoms with E-state index in [-0.39, 0.29) is 18.5 Å². The zero-order valence-corrected chi connectivity index (χ0v) is 39.0. The lowest BCUT2D eigenvalue weighted by Crippen LogP contribution is -2.45. The van der Waals surface area contributed by atoms with Crippen molar-refractivity contribution < 1.29 is 24.5 Å². The molecule has 0 saturated carbocycles. The molecule has 0 saturated heterocycles. The lowest BCUT2D eigenvalue weighted by molar-refractivity contribution is -0.143. The van der Waals surface area contributed by atoms with E-state index in [0.717, 1.165) is 70.6 Å². The number of allylic oxidation sites excluding steroid dienone is 7. The van der Waals surface area contributed by atoms with Crippen LogP contribution in [0.3, 0.4) is 0 Å². The zero-order valence-electron chi connectivity index (χ0n) is 39.0. The molecule has 0 aromatic heterocycles. The Kier molecular flexibility index (Phi) is 46.7. The van der Waals surface area contributed by atoms with Gasteiger partial charge in [0.15, 0.2) is 0 Å². The first-order valence-electron chi connectivity index (χ1n) is 25.4. The number of ether oxygens (including phenoxy) is 1. The summed E-state index contributed by atoms with van der Waals surface area (Å²) in [5.41, 5.74) is 0. The smallest absolute Gasteiger partial charge is 0.305 e. The Balaban J connectivity index is 3.48. The van der Waals surface area contributed by atoms with Crippen molar-refractivity contribution in [1.29, 1.82) is 0 Å². The molecule has 0 spiro atoms. The summed E-state index contributed by atoms with van der Waals surface area (Å²) >= 11 is 0. The SMILES string of the molecule is CCCC/C=C\C/C=C\CCCCCCCC(=O)OCCCCCCCCCCC/C=C\CCCCCCCC(=O)NC(CO)C(O)/C=C/CCCCCCCCCC. The number of nitrogens with one attached hydrogen (secondary N) is 1. The summed E-state index contributed by atoms with van der Waals surface area (Å²) in [6.45, 7) is 4.81. The van der Waals surface area contributed by atoms with E-state index >= 15 is 0 Å². The normalized spacial score (nSPS) is 13.1. The molecule has 6 nitrogen and oxygen atoms in total. The Bertz CT molecular complexity index is 1000. The van der Waals surface area contributed by atoms with Crippen LogP contribution in [0.25, 0.3) is 0 Å². The second-order valence-electron chi connectivity index (χ2n) is 17.1. The van der Waals surface area contributed by atoms with Gasteiger partial charge in [0.1, 0.15) is 0 Å². The minimum Gasteiger partial charge on any atom is -0.466 e. The van der Waals surface area contributed by atoms with Crippen LogP contribution in [0.4, 0.5) is 0 Å². The summed E-state index contributed by atoms with van der Waals surface area (Å²) in [5, 5.41) is 22.9. The van der Waals surface area contributed by atoms with E-state index in [1.807, 2.05) is 6.08 Å². The van der Waals surface area contributed by atoms with Gasteiger partial charge in [-0.1, -0.05) is 204 Å². The van der Waals surface area contributed by atoms with E-state index < -0.39 is 12.1 Å². The molecule has 2 atom stereocenters. The van der Waals surface area contributed by atoms with Crippen molar-refractivity contribution in [3.63, 3.8) is 0 Å². The van der Waals surface area contributed by atoms with Crippen molar-refractivity contribution in [2.75, 3.05) is 13.2 Å². The van der Waals surface area contributed by atoms with Gasteiger partial charge in [-0.15, -0.1) is 0 Å². The third kappa shape index (κ3) is 45.2. The molecule has 0 radical (unpaired) electrons. The van der Waals surface area contributed by atoms with E-state index in [1.54, 1.807) is 6.08 Å². The molecular weight excluding hydrogens is 731 g/mol. The van der Waals surface area contributed by atoms with Crippen LogP contribution >= 0.6 is 0 Å². The van der Waals surface area contributed by atoms with Gasteiger partial charge in [0.25, 0.3) is 0 Å². The Morgan fingerprint density at radius 1 is 0.475 bits per heavy atom. The first-order valence-corrected chi connectivity index (χ1v) is 25.4. The molecule has 0 bridgehead atoms. The molecular formula is C53H97NO5. The van der Waals surface area contributed by atoms with Gasteiger partial charge in [0.05, 0.1) is 25.4 Å². The van der Waals surface area contributed by atoms with E-state index in [2.05, 4.69) is 55.6 Å². The molecule has 6 heteroatoms. The number of hydrogen-bond donors (Lipinski definition) is 3. The van der Waals surface area contributed by atoms with Crippen LogP contribution in [0.5, 0.6) is 0 Å². The number of unbranched alkanes of at least 4 members (excludes halogenated alkanes) is 29. The maximum absolute atomic E-state index is 12.4. The highest BCUT2D eigenvalue weighted by atomic mass is 16.5. The molecule has 0 rings (SSSR count). The van der Waals surface area contributed by atoms with Crippen LogP contribution in [-0.2, 0) is 14.3 Å². The molecule has 0 fully saturated rings. The lowest BCUT2D eigenvalue weighted by atomic mass is 10.1. The standard InChI is InChI=1S/C53H97NO5/c1-3-5-7-9-11-13-15-16-24-27-31-35-39-43-47-53(58)59-48-44-40-36-32-28-25-22-20-18-17-19-21-23-26-30-34-38-42-46-52(57)54-50(49-55)51(56)45-41-37-33-29-14-12-10-8-6-4-2/h9,11,15-16,19,21,41,45,50-51,55-56H,3-8,10,12-14,17-18,20,22-40,42-44,46-49H2,1-2H3,(H,54,57)/b11-9-,16-15-,21-19-,45-41+. The van der Waals surface area contributed by atoms with Crippen LogP contribution < -0.4 is 5.32 Å². The van der Waals surface area contributed by atoms with Crippen molar-refractivity contribution >= 4 is 11.9 Å². The van der Waals surface area contributed by atoms with Gasteiger partial charge in [-0.25, -0.2) is 0 Å².